The summed E-state index contributed by atoms with van der Waals surface area (Å²) < 4.78 is 32.4. The molecule has 3 aliphatic rings. The molecule has 224 valence electrons. The molecule has 0 aromatic heterocycles. The van der Waals surface area contributed by atoms with Gasteiger partial charge in [-0.05, 0) is 70.0 Å². The van der Waals surface area contributed by atoms with Gasteiger partial charge in [0.05, 0.1) is 17.3 Å². The molecule has 0 N–H and O–H groups in total. The Bertz CT molecular complexity index is 1440. The van der Waals surface area contributed by atoms with Gasteiger partial charge in [-0.15, -0.1) is 0 Å². The van der Waals surface area contributed by atoms with Crippen LogP contribution in [0.3, 0.4) is 0 Å². The van der Waals surface area contributed by atoms with Crippen molar-refractivity contribution in [2.45, 2.75) is 65.9 Å². The Morgan fingerprint density at radius 1 is 0.929 bits per heavy atom. The lowest BCUT2D eigenvalue weighted by molar-refractivity contribution is -0.119. The Morgan fingerprint density at radius 3 is 2.07 bits per heavy atom. The van der Waals surface area contributed by atoms with E-state index in [-0.39, 0.29) is 34.8 Å². The third-order valence-electron chi connectivity index (χ3n) is 8.46. The van der Waals surface area contributed by atoms with Gasteiger partial charge in [0.1, 0.15) is 12.4 Å². The number of methoxy groups -OCH3 is 2. The average Bonchev–Trinajstić information content (AvgIpc) is 2.90. The molecule has 0 atom stereocenters. The van der Waals surface area contributed by atoms with E-state index in [9.17, 15) is 14.0 Å². The number of benzene rings is 2. The third kappa shape index (κ3) is 5.89. The number of hydrogen-bond donors (Lipinski definition) is 0. The minimum absolute atomic E-state index is 0.0437. The first-order valence-corrected chi connectivity index (χ1v) is 15.5. The van der Waals surface area contributed by atoms with E-state index in [4.69, 9.17) is 14.2 Å². The minimum atomic E-state index is -0.496. The van der Waals surface area contributed by atoms with Crippen LogP contribution in [-0.2, 0) is 20.9 Å². The zero-order chi connectivity index (χ0) is 30.4. The Labute approximate surface area is 261 Å². The van der Waals surface area contributed by atoms with E-state index in [0.29, 0.717) is 54.2 Å². The summed E-state index contributed by atoms with van der Waals surface area (Å²) >= 11 is 2.19. The number of allylic oxidation sites excluding steroid dienone is 4. The maximum atomic E-state index is 14.3. The van der Waals surface area contributed by atoms with E-state index in [1.54, 1.807) is 32.4 Å². The van der Waals surface area contributed by atoms with Crippen molar-refractivity contribution in [2.75, 3.05) is 27.4 Å². The highest BCUT2D eigenvalue weighted by molar-refractivity contribution is 14.1. The van der Waals surface area contributed by atoms with E-state index in [0.717, 1.165) is 33.4 Å². The maximum Gasteiger partial charge on any atom is 0.174 e. The van der Waals surface area contributed by atoms with Gasteiger partial charge in [0.25, 0.3) is 0 Å². The second-order valence-electron chi connectivity index (χ2n) is 13.1. The van der Waals surface area contributed by atoms with Crippen molar-refractivity contribution < 1.29 is 28.2 Å². The molecule has 1 heterocycles. The van der Waals surface area contributed by atoms with E-state index in [1.165, 1.54) is 6.07 Å². The van der Waals surface area contributed by atoms with Crippen LogP contribution in [0.5, 0.6) is 11.5 Å². The van der Waals surface area contributed by atoms with Gasteiger partial charge in [-0.25, -0.2) is 4.39 Å². The summed E-state index contributed by atoms with van der Waals surface area (Å²) in [5.41, 5.74) is 4.27. The van der Waals surface area contributed by atoms with Crippen LogP contribution in [0.25, 0.3) is 0 Å². The normalized spacial score (nSPS) is 20.0. The molecular formula is C34H39FINO5. The molecule has 5 rings (SSSR count). The highest BCUT2D eigenvalue weighted by Gasteiger charge is 2.49. The quantitative estimate of drug-likeness (QED) is 0.271. The van der Waals surface area contributed by atoms with Crippen molar-refractivity contribution in [3.8, 4) is 11.5 Å². The topological polar surface area (TPSA) is 65.1 Å². The highest BCUT2D eigenvalue weighted by Crippen LogP contribution is 2.55. The van der Waals surface area contributed by atoms with Crippen LogP contribution in [0.1, 0.15) is 70.4 Å². The molecule has 2 aromatic carbocycles. The fourth-order valence-electron chi connectivity index (χ4n) is 6.65. The van der Waals surface area contributed by atoms with E-state index >= 15 is 0 Å². The van der Waals surface area contributed by atoms with Crippen molar-refractivity contribution >= 4 is 34.2 Å². The third-order valence-corrected chi connectivity index (χ3v) is 9.26. The monoisotopic (exact) mass is 687 g/mol. The fraction of sp³-hybridized carbons (Fsp3) is 0.471. The first kappa shape index (κ1) is 30.7. The molecule has 0 radical (unpaired) electrons. The van der Waals surface area contributed by atoms with Gasteiger partial charge in [-0.2, -0.15) is 0 Å². The summed E-state index contributed by atoms with van der Waals surface area (Å²) in [5.74, 6) is 0.298. The molecule has 0 saturated heterocycles. The molecule has 42 heavy (non-hydrogen) atoms. The van der Waals surface area contributed by atoms with Crippen molar-refractivity contribution in [1.29, 1.82) is 0 Å². The van der Waals surface area contributed by atoms with Crippen molar-refractivity contribution in [2.24, 2.45) is 10.8 Å². The predicted octanol–water partition coefficient (Wildman–Crippen LogP) is 7.35. The Balaban J connectivity index is 1.66. The van der Waals surface area contributed by atoms with Crippen molar-refractivity contribution in [3.05, 3.63) is 79.5 Å². The lowest BCUT2D eigenvalue weighted by Gasteiger charge is -2.49. The number of ketones is 2. The van der Waals surface area contributed by atoms with Gasteiger partial charge >= 0.3 is 0 Å². The van der Waals surface area contributed by atoms with Gasteiger partial charge < -0.3 is 19.1 Å². The molecular weight excluding hydrogens is 648 g/mol. The molecule has 0 spiro atoms. The lowest BCUT2D eigenvalue weighted by Crippen LogP contribution is -2.45. The van der Waals surface area contributed by atoms with Crippen molar-refractivity contribution in [1.82, 2.24) is 4.90 Å². The number of carbonyl (C=O) groups is 2. The average molecular weight is 688 g/mol. The first-order chi connectivity index (χ1) is 19.9. The fourth-order valence-corrected chi connectivity index (χ4v) is 7.43. The summed E-state index contributed by atoms with van der Waals surface area (Å²) in [6.07, 6.45) is 2.30. The molecule has 0 unspecified atom stereocenters. The Morgan fingerprint density at radius 2 is 1.52 bits per heavy atom. The van der Waals surface area contributed by atoms with Crippen LogP contribution in [0.4, 0.5) is 4.39 Å². The predicted molar refractivity (Wildman–Crippen MR) is 168 cm³/mol. The summed E-state index contributed by atoms with van der Waals surface area (Å²) in [7, 11) is 3.24. The summed E-state index contributed by atoms with van der Waals surface area (Å²) in [4.78, 5) is 30.2. The molecule has 0 bridgehead atoms. The zero-order valence-corrected chi connectivity index (χ0v) is 27.4. The molecule has 2 aliphatic carbocycles. The maximum absolute atomic E-state index is 14.3. The highest BCUT2D eigenvalue weighted by atomic mass is 127. The van der Waals surface area contributed by atoms with Gasteiger partial charge in [0.2, 0.25) is 0 Å². The second-order valence-corrected chi connectivity index (χ2v) is 14.3. The van der Waals surface area contributed by atoms with Crippen molar-refractivity contribution in [3.63, 3.8) is 0 Å². The summed E-state index contributed by atoms with van der Waals surface area (Å²) in [6.45, 7) is 9.63. The molecule has 0 fully saturated rings. The van der Waals surface area contributed by atoms with Gasteiger partial charge in [-0.3, -0.25) is 9.59 Å². The smallest absolute Gasteiger partial charge is 0.174 e. The number of halogens is 2. The number of rotatable bonds is 8. The number of ether oxygens (including phenoxy) is 3. The number of Topliss-reactive ketones (excluding diaryl/α,β-unsaturated/α-hetero) is 2. The van der Waals surface area contributed by atoms with Crippen LogP contribution >= 0.6 is 22.6 Å². The second kappa shape index (κ2) is 11.8. The van der Waals surface area contributed by atoms with E-state index < -0.39 is 5.92 Å². The number of nitrogens with zero attached hydrogens (tertiary/aromatic N) is 1. The van der Waals surface area contributed by atoms with E-state index in [1.807, 2.05) is 12.1 Å². The first-order valence-electron chi connectivity index (χ1n) is 14.4. The SMILES string of the molecule is COCCN1C2=C(C(=O)CC(C)(C)C2)C(c2cc(I)c(OCc3ccccc3F)c(OC)c2)C2=C1CC(C)(C)CC2=O. The number of hydrogen-bond acceptors (Lipinski definition) is 6. The van der Waals surface area contributed by atoms with Crippen LogP contribution in [0.15, 0.2) is 58.9 Å². The Kier molecular flexibility index (Phi) is 8.60. The molecule has 1 aliphatic heterocycles. The van der Waals surface area contributed by atoms with Crippen LogP contribution in [-0.4, -0.2) is 43.8 Å². The van der Waals surface area contributed by atoms with Crippen LogP contribution in [0.2, 0.25) is 0 Å². The van der Waals surface area contributed by atoms with Crippen LogP contribution in [0, 0.1) is 20.2 Å². The van der Waals surface area contributed by atoms with Gasteiger partial charge in [-0.1, -0.05) is 45.9 Å². The summed E-state index contributed by atoms with van der Waals surface area (Å²) in [6, 6.07) is 10.4. The molecule has 2 aromatic rings. The Hall–Kier alpha value is -2.72. The standard InChI is InChI=1S/C34H39FINO5/c1-33(2)15-24-30(26(38)17-33)29(31-25(37(24)11-12-40-5)16-34(3,4)18-27(31)39)21-13-23(36)32(28(14-21)41-6)42-19-20-9-7-8-10-22(20)35/h7-10,13-14,29H,11-12,15-19H2,1-6H3. The van der Waals surface area contributed by atoms with Crippen LogP contribution < -0.4 is 9.47 Å². The molecule has 8 heteroatoms. The van der Waals surface area contributed by atoms with Gasteiger partial charge in [0.15, 0.2) is 23.1 Å². The zero-order valence-electron chi connectivity index (χ0n) is 25.2. The molecule has 0 saturated carbocycles. The largest absolute Gasteiger partial charge is 0.493 e. The lowest BCUT2D eigenvalue weighted by atomic mass is 9.63. The summed E-state index contributed by atoms with van der Waals surface area (Å²) in [5, 5.41) is 0. The van der Waals surface area contributed by atoms with Gasteiger partial charge in [0, 0.05) is 60.5 Å². The number of carbonyl (C=O) groups excluding carboxylic acids is 2. The van der Waals surface area contributed by atoms with E-state index in [2.05, 4.69) is 55.2 Å². The minimum Gasteiger partial charge on any atom is -0.493 e. The molecule has 6 nitrogen and oxygen atoms in total. The molecule has 0 amide bonds.